The zero-order valence-electron chi connectivity index (χ0n) is 18.0. The third-order valence-electron chi connectivity index (χ3n) is 6.51. The molecule has 0 saturated heterocycles. The van der Waals surface area contributed by atoms with Crippen LogP contribution in [0.3, 0.4) is 0 Å². The Morgan fingerprint density at radius 2 is 2.00 bits per heavy atom. The van der Waals surface area contributed by atoms with Gasteiger partial charge >= 0.3 is 0 Å². The Morgan fingerprint density at radius 3 is 2.68 bits per heavy atom. The van der Waals surface area contributed by atoms with Crippen molar-refractivity contribution in [1.29, 1.82) is 0 Å². The number of aromatic nitrogens is 2. The van der Waals surface area contributed by atoms with E-state index in [0.717, 1.165) is 58.7 Å². The zero-order valence-corrected chi connectivity index (χ0v) is 18.0. The van der Waals surface area contributed by atoms with E-state index < -0.39 is 5.92 Å². The van der Waals surface area contributed by atoms with Crippen molar-refractivity contribution in [2.24, 2.45) is 11.8 Å². The molecule has 1 N–H and O–H groups in total. The highest BCUT2D eigenvalue weighted by Gasteiger charge is 2.35. The third kappa shape index (κ3) is 4.88. The van der Waals surface area contributed by atoms with Gasteiger partial charge in [0, 0.05) is 35.7 Å². The number of alkyl halides is 2. The molecule has 1 fully saturated rings. The second-order valence-corrected chi connectivity index (χ2v) is 8.80. The molecule has 2 aromatic heterocycles. The zero-order chi connectivity index (χ0) is 22.0. The molecule has 2 aliphatic rings. The molecular weight excluding hydrogens is 398 g/mol. The maximum absolute atomic E-state index is 13.5. The number of rotatable bonds is 3. The Kier molecular flexibility index (Phi) is 6.24. The first-order valence-electron chi connectivity index (χ1n) is 11.0. The molecule has 1 atom stereocenters. The lowest BCUT2D eigenvalue weighted by Gasteiger charge is -2.30. The minimum absolute atomic E-state index is 0.00610. The first-order valence-corrected chi connectivity index (χ1v) is 11.0. The van der Waals surface area contributed by atoms with E-state index in [1.807, 2.05) is 20.0 Å². The van der Waals surface area contributed by atoms with Crippen LogP contribution in [-0.4, -0.2) is 27.8 Å². The number of hydrogen-bond donors (Lipinski definition) is 1. The van der Waals surface area contributed by atoms with Crippen LogP contribution in [0.2, 0.25) is 0 Å². The minimum Gasteiger partial charge on any atom is -0.384 e. The lowest BCUT2D eigenvalue weighted by atomic mass is 9.80. The van der Waals surface area contributed by atoms with Gasteiger partial charge in [0.15, 0.2) is 0 Å². The molecule has 6 heteroatoms. The summed E-state index contributed by atoms with van der Waals surface area (Å²) in [5, 5.41) is 13.3. The molecule has 0 bridgehead atoms. The molecule has 4 nitrogen and oxygen atoms in total. The van der Waals surface area contributed by atoms with Crippen molar-refractivity contribution in [3.05, 3.63) is 41.1 Å². The van der Waals surface area contributed by atoms with Gasteiger partial charge in [0.25, 0.3) is 0 Å². The van der Waals surface area contributed by atoms with Crippen LogP contribution < -0.4 is 0 Å². The van der Waals surface area contributed by atoms with Gasteiger partial charge in [-0.3, -0.25) is 4.98 Å². The maximum atomic E-state index is 13.5. The van der Waals surface area contributed by atoms with E-state index in [1.54, 1.807) is 0 Å². The number of fused-ring (bicyclic) bond motifs is 1. The highest BCUT2D eigenvalue weighted by Crippen LogP contribution is 2.40. The first-order chi connectivity index (χ1) is 14.9. The summed E-state index contributed by atoms with van der Waals surface area (Å²) in [6, 6.07) is 2.13. The molecule has 4 rings (SSSR count). The number of pyridine rings is 1. The molecule has 0 aromatic carbocycles. The average Bonchev–Trinajstić information content (AvgIpc) is 2.98. The van der Waals surface area contributed by atoms with Crippen LogP contribution in [0.1, 0.15) is 61.2 Å². The predicted octanol–water partition coefficient (Wildman–Crippen LogP) is 5.51. The summed E-state index contributed by atoms with van der Waals surface area (Å²) in [4.78, 5) is 4.73. The SMILES string of the molecule is Cc1noc(C)c1-c1cnc2c(c1)CCC(CC1CCC(F)(F)CC1)C=C2C#CCO. The largest absolute Gasteiger partial charge is 0.384 e. The van der Waals surface area contributed by atoms with E-state index in [2.05, 4.69) is 29.1 Å². The van der Waals surface area contributed by atoms with Crippen molar-refractivity contribution in [3.8, 4) is 23.0 Å². The van der Waals surface area contributed by atoms with Gasteiger partial charge in [-0.15, -0.1) is 0 Å². The average molecular weight is 427 g/mol. The molecular formula is C25H28F2N2O2. The summed E-state index contributed by atoms with van der Waals surface area (Å²) >= 11 is 0. The fourth-order valence-corrected chi connectivity index (χ4v) is 4.90. The van der Waals surface area contributed by atoms with Crippen LogP contribution in [-0.2, 0) is 6.42 Å². The van der Waals surface area contributed by atoms with Gasteiger partial charge in [-0.1, -0.05) is 23.1 Å². The molecule has 0 amide bonds. The van der Waals surface area contributed by atoms with E-state index in [-0.39, 0.29) is 25.4 Å². The summed E-state index contributed by atoms with van der Waals surface area (Å²) in [5.41, 5.74) is 5.53. The van der Waals surface area contributed by atoms with Crippen molar-refractivity contribution >= 4 is 5.57 Å². The van der Waals surface area contributed by atoms with Crippen molar-refractivity contribution in [3.63, 3.8) is 0 Å². The first kappa shape index (κ1) is 21.7. The second-order valence-electron chi connectivity index (χ2n) is 8.80. The molecule has 1 saturated carbocycles. The lowest BCUT2D eigenvalue weighted by Crippen LogP contribution is -2.25. The van der Waals surface area contributed by atoms with E-state index in [1.165, 1.54) is 0 Å². The molecule has 164 valence electrons. The number of nitrogens with zero attached hydrogens (tertiary/aromatic N) is 2. The summed E-state index contributed by atoms with van der Waals surface area (Å²) in [5.74, 6) is 4.67. The number of aliphatic hydroxyl groups is 1. The summed E-state index contributed by atoms with van der Waals surface area (Å²) in [6.45, 7) is 3.59. The van der Waals surface area contributed by atoms with Crippen molar-refractivity contribution in [2.75, 3.05) is 6.61 Å². The fraction of sp³-hybridized carbons (Fsp3) is 0.520. The molecule has 0 radical (unpaired) electrons. The normalized spacial score (nSPS) is 20.9. The van der Waals surface area contributed by atoms with E-state index in [9.17, 15) is 13.9 Å². The van der Waals surface area contributed by atoms with E-state index >= 15 is 0 Å². The summed E-state index contributed by atoms with van der Waals surface area (Å²) < 4.78 is 32.4. The van der Waals surface area contributed by atoms with E-state index in [4.69, 9.17) is 9.51 Å². The third-order valence-corrected chi connectivity index (χ3v) is 6.51. The second kappa shape index (κ2) is 8.92. The Bertz CT molecular complexity index is 1020. The molecule has 31 heavy (non-hydrogen) atoms. The van der Waals surface area contributed by atoms with E-state index in [0.29, 0.717) is 18.8 Å². The molecule has 2 heterocycles. The molecule has 0 aliphatic heterocycles. The maximum Gasteiger partial charge on any atom is 0.248 e. The molecule has 1 unspecified atom stereocenters. The number of allylic oxidation sites excluding steroid dienone is 2. The highest BCUT2D eigenvalue weighted by atomic mass is 19.3. The van der Waals surface area contributed by atoms with Crippen LogP contribution in [0.25, 0.3) is 16.7 Å². The van der Waals surface area contributed by atoms with Crippen LogP contribution >= 0.6 is 0 Å². The van der Waals surface area contributed by atoms with Gasteiger partial charge in [0.1, 0.15) is 12.4 Å². The Morgan fingerprint density at radius 1 is 1.23 bits per heavy atom. The van der Waals surface area contributed by atoms with Crippen molar-refractivity contribution < 1.29 is 18.4 Å². The quantitative estimate of drug-likeness (QED) is 0.658. The number of halogens is 2. The standard InChI is InChI=1S/C25H28F2N2O2/c1-16-23(17(2)31-29-16)22-14-21-6-5-19(12-18-7-9-25(26,27)10-8-18)13-20(4-3-11-30)24(21)28-15-22/h13-15,18-19,30H,5-12H2,1-2H3. The summed E-state index contributed by atoms with van der Waals surface area (Å²) in [7, 11) is 0. The van der Waals surface area contributed by atoms with Gasteiger partial charge in [0.2, 0.25) is 5.92 Å². The van der Waals surface area contributed by atoms with Crippen LogP contribution in [0, 0.1) is 37.5 Å². The highest BCUT2D eigenvalue weighted by molar-refractivity contribution is 5.80. The predicted molar refractivity (Wildman–Crippen MR) is 115 cm³/mol. The van der Waals surface area contributed by atoms with Crippen LogP contribution in [0.4, 0.5) is 8.78 Å². The number of aryl methyl sites for hydroxylation is 3. The monoisotopic (exact) mass is 426 g/mol. The topological polar surface area (TPSA) is 59.2 Å². The Labute approximate surface area is 181 Å². The molecule has 2 aromatic rings. The van der Waals surface area contributed by atoms with Gasteiger partial charge in [-0.05, 0) is 69.4 Å². The smallest absolute Gasteiger partial charge is 0.248 e. The number of hydrogen-bond acceptors (Lipinski definition) is 4. The van der Waals surface area contributed by atoms with Crippen LogP contribution in [0.15, 0.2) is 22.9 Å². The van der Waals surface area contributed by atoms with Gasteiger partial charge in [-0.2, -0.15) is 0 Å². The van der Waals surface area contributed by atoms with Gasteiger partial charge in [-0.25, -0.2) is 8.78 Å². The van der Waals surface area contributed by atoms with Crippen LogP contribution in [0.5, 0.6) is 0 Å². The summed E-state index contributed by atoms with van der Waals surface area (Å²) in [6.07, 6.45) is 7.78. The molecule has 0 spiro atoms. The van der Waals surface area contributed by atoms with Gasteiger partial charge in [0.05, 0.1) is 11.4 Å². The van der Waals surface area contributed by atoms with Crippen molar-refractivity contribution in [1.82, 2.24) is 10.1 Å². The van der Waals surface area contributed by atoms with Crippen molar-refractivity contribution in [2.45, 2.75) is 64.7 Å². The number of aliphatic hydroxyl groups excluding tert-OH is 1. The lowest BCUT2D eigenvalue weighted by molar-refractivity contribution is -0.0475. The Balaban J connectivity index is 1.60. The Hall–Kier alpha value is -2.52. The fourth-order valence-electron chi connectivity index (χ4n) is 4.90. The van der Waals surface area contributed by atoms with Gasteiger partial charge < -0.3 is 9.63 Å². The minimum atomic E-state index is -2.50. The molecule has 2 aliphatic carbocycles.